The fourth-order valence-electron chi connectivity index (χ4n) is 1.88. The van der Waals surface area contributed by atoms with Crippen LogP contribution >= 0.6 is 12.8 Å². The van der Waals surface area contributed by atoms with E-state index < -0.39 is 6.43 Å². The van der Waals surface area contributed by atoms with Crippen LogP contribution < -0.4 is 5.32 Å². The number of thiol groups is 1. The second-order valence-corrected chi connectivity index (χ2v) is 4.96. The van der Waals surface area contributed by atoms with Crippen LogP contribution in [0.15, 0.2) is 30.6 Å². The molecule has 19 heavy (non-hydrogen) atoms. The minimum Gasteiger partial charge on any atom is -0.383 e. The maximum atomic E-state index is 13.2. The van der Waals surface area contributed by atoms with E-state index >= 15 is 0 Å². The Bertz CT molecular complexity index is 567. The molecule has 1 N–H and O–H groups in total. The molecule has 1 aromatic heterocycles. The van der Waals surface area contributed by atoms with Gasteiger partial charge in [0.15, 0.2) is 0 Å². The highest BCUT2D eigenvalue weighted by atomic mass is 32.1. The van der Waals surface area contributed by atoms with Crippen LogP contribution in [0.5, 0.6) is 0 Å². The van der Waals surface area contributed by atoms with Crippen molar-refractivity contribution in [2.45, 2.75) is 26.3 Å². The molecule has 0 aliphatic heterocycles. The van der Waals surface area contributed by atoms with E-state index in [1.807, 2.05) is 13.8 Å². The first kappa shape index (κ1) is 13.9. The third-order valence-corrected chi connectivity index (χ3v) is 2.84. The molecule has 0 aliphatic rings. The molecular weight excluding hydrogens is 268 g/mol. The summed E-state index contributed by atoms with van der Waals surface area (Å²) in [5.41, 5.74) is 1.78. The number of anilines is 1. The zero-order valence-corrected chi connectivity index (χ0v) is 11.5. The minimum absolute atomic E-state index is 0.00742. The van der Waals surface area contributed by atoms with E-state index in [2.05, 4.69) is 23.2 Å². The Labute approximate surface area is 116 Å². The Balaban J connectivity index is 2.43. The third kappa shape index (κ3) is 3.26. The van der Waals surface area contributed by atoms with Crippen molar-refractivity contribution in [2.24, 2.45) is 0 Å². The molecule has 0 amide bonds. The van der Waals surface area contributed by atoms with Crippen LogP contribution in [0, 0.1) is 0 Å². The number of alkyl halides is 2. The van der Waals surface area contributed by atoms with Crippen molar-refractivity contribution in [1.82, 2.24) is 9.19 Å². The van der Waals surface area contributed by atoms with Gasteiger partial charge < -0.3 is 5.32 Å². The van der Waals surface area contributed by atoms with Crippen molar-refractivity contribution in [2.75, 3.05) is 5.32 Å². The first-order chi connectivity index (χ1) is 8.97. The van der Waals surface area contributed by atoms with Gasteiger partial charge in [-0.15, -0.1) is 0 Å². The molecule has 0 spiro atoms. The molecule has 0 radical (unpaired) electrons. The van der Waals surface area contributed by atoms with E-state index in [0.29, 0.717) is 16.8 Å². The molecular formula is C13H15F2N3S. The van der Waals surface area contributed by atoms with Crippen LogP contribution in [0.1, 0.15) is 25.8 Å². The Kier molecular flexibility index (Phi) is 4.09. The van der Waals surface area contributed by atoms with Crippen LogP contribution in [0.2, 0.25) is 0 Å². The van der Waals surface area contributed by atoms with Gasteiger partial charge in [-0.1, -0.05) is 6.07 Å². The second-order valence-electron chi connectivity index (χ2n) is 4.55. The Morgan fingerprint density at radius 3 is 2.58 bits per heavy atom. The molecule has 6 heteroatoms. The molecule has 3 nitrogen and oxygen atoms in total. The Morgan fingerprint density at radius 1 is 1.32 bits per heavy atom. The van der Waals surface area contributed by atoms with E-state index in [9.17, 15) is 8.78 Å². The number of hydrogen-bond donors (Lipinski definition) is 2. The van der Waals surface area contributed by atoms with Crippen molar-refractivity contribution in [3.8, 4) is 11.1 Å². The molecule has 102 valence electrons. The summed E-state index contributed by atoms with van der Waals surface area (Å²) < 4.78 is 27.6. The van der Waals surface area contributed by atoms with Crippen molar-refractivity contribution < 1.29 is 8.78 Å². The highest BCUT2D eigenvalue weighted by Gasteiger charge is 2.16. The molecule has 1 aromatic carbocycles. The standard InChI is InChI=1S/C13H15F2N3S/c1-8(2)17-10-3-4-11(12(5-10)13(14)15)9-6-16-18(19)7-9/h3-8,13,17,19H,1-2H3. The van der Waals surface area contributed by atoms with Gasteiger partial charge in [-0.25, -0.2) is 12.9 Å². The lowest BCUT2D eigenvalue weighted by Gasteiger charge is -2.14. The quantitative estimate of drug-likeness (QED) is 0.831. The first-order valence-corrected chi connectivity index (χ1v) is 6.30. The highest BCUT2D eigenvalue weighted by Crippen LogP contribution is 2.33. The van der Waals surface area contributed by atoms with Gasteiger partial charge in [-0.3, -0.25) is 0 Å². The number of hydrogen-bond acceptors (Lipinski definition) is 3. The van der Waals surface area contributed by atoms with Crippen LogP contribution in [0.4, 0.5) is 14.5 Å². The van der Waals surface area contributed by atoms with Gasteiger partial charge in [-0.2, -0.15) is 5.10 Å². The maximum Gasteiger partial charge on any atom is 0.264 e. The van der Waals surface area contributed by atoms with E-state index in [0.717, 1.165) is 0 Å². The molecule has 0 atom stereocenters. The average Bonchev–Trinajstić information content (AvgIpc) is 2.74. The zero-order valence-electron chi connectivity index (χ0n) is 10.6. The normalized spacial score (nSPS) is 11.3. The molecule has 0 saturated heterocycles. The lowest BCUT2D eigenvalue weighted by atomic mass is 10.0. The van der Waals surface area contributed by atoms with Crippen molar-refractivity contribution in [3.63, 3.8) is 0 Å². The van der Waals surface area contributed by atoms with Gasteiger partial charge >= 0.3 is 0 Å². The highest BCUT2D eigenvalue weighted by molar-refractivity contribution is 7.78. The fraction of sp³-hybridized carbons (Fsp3) is 0.308. The summed E-state index contributed by atoms with van der Waals surface area (Å²) in [6.45, 7) is 3.92. The summed E-state index contributed by atoms with van der Waals surface area (Å²) in [5, 5.41) is 7.00. The van der Waals surface area contributed by atoms with Crippen molar-refractivity contribution in [3.05, 3.63) is 36.2 Å². The van der Waals surface area contributed by atoms with Gasteiger partial charge in [0.05, 0.1) is 6.20 Å². The molecule has 0 unspecified atom stereocenters. The maximum absolute atomic E-state index is 13.2. The third-order valence-electron chi connectivity index (χ3n) is 2.62. The average molecular weight is 283 g/mol. The lowest BCUT2D eigenvalue weighted by Crippen LogP contribution is -2.10. The topological polar surface area (TPSA) is 29.9 Å². The summed E-state index contributed by atoms with van der Waals surface area (Å²) in [4.78, 5) is 0. The second kappa shape index (κ2) is 5.61. The fourth-order valence-corrected chi connectivity index (χ4v) is 2.06. The van der Waals surface area contributed by atoms with Gasteiger partial charge in [0.25, 0.3) is 6.43 Å². The number of nitrogens with zero attached hydrogens (tertiary/aromatic N) is 2. The molecule has 0 saturated carbocycles. The van der Waals surface area contributed by atoms with Crippen molar-refractivity contribution in [1.29, 1.82) is 0 Å². The summed E-state index contributed by atoms with van der Waals surface area (Å²) in [5.74, 6) is 0. The summed E-state index contributed by atoms with van der Waals surface area (Å²) in [6.07, 6.45) is 0.580. The largest absolute Gasteiger partial charge is 0.383 e. The molecule has 0 fully saturated rings. The predicted octanol–water partition coefficient (Wildman–Crippen LogP) is 4.00. The first-order valence-electron chi connectivity index (χ1n) is 5.90. The van der Waals surface area contributed by atoms with Crippen LogP contribution in [-0.2, 0) is 0 Å². The summed E-state index contributed by atoms with van der Waals surface area (Å²) >= 11 is 4.01. The Hall–Kier alpha value is -1.56. The summed E-state index contributed by atoms with van der Waals surface area (Å²) in [6, 6.07) is 5.14. The van der Waals surface area contributed by atoms with Gasteiger partial charge in [0.1, 0.15) is 0 Å². The Morgan fingerprint density at radius 2 is 2.05 bits per heavy atom. The van der Waals surface area contributed by atoms with Gasteiger partial charge in [0, 0.05) is 29.1 Å². The number of halogens is 2. The molecule has 0 bridgehead atoms. The minimum atomic E-state index is -2.54. The molecule has 2 rings (SSSR count). The summed E-state index contributed by atoms with van der Waals surface area (Å²) in [7, 11) is 0. The number of nitrogens with one attached hydrogen (secondary N) is 1. The molecule has 2 aromatic rings. The van der Waals surface area contributed by atoms with E-state index in [1.165, 1.54) is 16.4 Å². The number of benzene rings is 1. The lowest BCUT2D eigenvalue weighted by molar-refractivity contribution is 0.152. The van der Waals surface area contributed by atoms with Crippen molar-refractivity contribution >= 4 is 18.5 Å². The monoisotopic (exact) mass is 283 g/mol. The SMILES string of the molecule is CC(C)Nc1ccc(-c2cnn(S)c2)c(C(F)F)c1. The smallest absolute Gasteiger partial charge is 0.264 e. The van der Waals surface area contributed by atoms with Gasteiger partial charge in [0.2, 0.25) is 0 Å². The number of rotatable bonds is 4. The number of aromatic nitrogens is 2. The van der Waals surface area contributed by atoms with Crippen LogP contribution in [0.25, 0.3) is 11.1 Å². The van der Waals surface area contributed by atoms with Crippen LogP contribution in [-0.4, -0.2) is 15.2 Å². The van der Waals surface area contributed by atoms with Gasteiger partial charge in [-0.05, 0) is 44.4 Å². The predicted molar refractivity (Wildman–Crippen MR) is 75.8 cm³/mol. The van der Waals surface area contributed by atoms with Crippen LogP contribution in [0.3, 0.4) is 0 Å². The van der Waals surface area contributed by atoms with E-state index in [-0.39, 0.29) is 11.6 Å². The molecule has 1 heterocycles. The molecule has 0 aliphatic carbocycles. The van der Waals surface area contributed by atoms with E-state index in [1.54, 1.807) is 18.3 Å². The van der Waals surface area contributed by atoms with E-state index in [4.69, 9.17) is 0 Å². The zero-order chi connectivity index (χ0) is 14.0.